The van der Waals surface area contributed by atoms with Gasteiger partial charge in [0.25, 0.3) is 0 Å². The van der Waals surface area contributed by atoms with Gasteiger partial charge in [0.15, 0.2) is 0 Å². The topological polar surface area (TPSA) is 60.2 Å². The van der Waals surface area contributed by atoms with Gasteiger partial charge in [-0.1, -0.05) is 17.7 Å². The molecule has 6 nitrogen and oxygen atoms in total. The van der Waals surface area contributed by atoms with E-state index >= 15 is 0 Å². The zero-order valence-electron chi connectivity index (χ0n) is 15.9. The second-order valence-corrected chi connectivity index (χ2v) is 8.04. The van der Waals surface area contributed by atoms with Gasteiger partial charge in [-0.3, -0.25) is 9.80 Å². The summed E-state index contributed by atoms with van der Waals surface area (Å²) in [5.41, 5.74) is 1.77. The molecule has 0 saturated carbocycles. The minimum absolute atomic E-state index is 0.0976. The molecular weight excluding hydrogens is 378 g/mol. The molecule has 2 aliphatic rings. The van der Waals surface area contributed by atoms with Crippen molar-refractivity contribution in [1.29, 1.82) is 0 Å². The molecule has 2 aromatic rings. The molecule has 2 aliphatic heterocycles. The molecule has 1 N–H and O–H groups in total. The van der Waals surface area contributed by atoms with Crippen molar-refractivity contribution < 1.29 is 9.52 Å². The number of halogens is 1. The lowest BCUT2D eigenvalue weighted by atomic mass is 10.1. The van der Waals surface area contributed by atoms with E-state index in [4.69, 9.17) is 16.0 Å². The maximum atomic E-state index is 12.1. The van der Waals surface area contributed by atoms with Crippen molar-refractivity contribution in [2.24, 2.45) is 0 Å². The molecule has 0 radical (unpaired) electrons. The largest absolute Gasteiger partial charge is 0.507 e. The Morgan fingerprint density at radius 2 is 1.71 bits per heavy atom. The van der Waals surface area contributed by atoms with Crippen LogP contribution in [0.5, 0.6) is 5.75 Å². The van der Waals surface area contributed by atoms with E-state index in [2.05, 4.69) is 20.8 Å². The van der Waals surface area contributed by atoms with Crippen LogP contribution in [0, 0.1) is 0 Å². The highest BCUT2D eigenvalue weighted by Crippen LogP contribution is 2.25. The first kappa shape index (κ1) is 19.3. The summed E-state index contributed by atoms with van der Waals surface area (Å²) in [5.74, 6) is 0.0976. The van der Waals surface area contributed by atoms with E-state index < -0.39 is 5.63 Å². The molecule has 0 unspecified atom stereocenters. The van der Waals surface area contributed by atoms with Gasteiger partial charge in [0, 0.05) is 55.5 Å². The molecule has 7 heteroatoms. The summed E-state index contributed by atoms with van der Waals surface area (Å²) in [4.78, 5) is 18.9. The van der Waals surface area contributed by atoms with Crippen LogP contribution < -0.4 is 10.5 Å². The predicted molar refractivity (Wildman–Crippen MR) is 110 cm³/mol. The zero-order valence-corrected chi connectivity index (χ0v) is 16.7. The maximum Gasteiger partial charge on any atom is 0.343 e. The lowest BCUT2D eigenvalue weighted by Gasteiger charge is -2.36. The van der Waals surface area contributed by atoms with Crippen LogP contribution in [0.2, 0.25) is 5.02 Å². The molecule has 1 aromatic carbocycles. The fourth-order valence-electron chi connectivity index (χ4n) is 4.04. The third-order valence-corrected chi connectivity index (χ3v) is 5.90. The Kier molecular flexibility index (Phi) is 5.90. The Balaban J connectivity index is 1.40. The molecule has 4 rings (SSSR count). The van der Waals surface area contributed by atoms with Gasteiger partial charge in [0.1, 0.15) is 12.0 Å². The Hall–Kier alpha value is -2.02. The summed E-state index contributed by atoms with van der Waals surface area (Å²) in [6, 6.07) is 7.91. The minimum atomic E-state index is -0.432. The summed E-state index contributed by atoms with van der Waals surface area (Å²) in [7, 11) is 0. The van der Waals surface area contributed by atoms with Crippen molar-refractivity contribution in [3.63, 3.8) is 0 Å². The van der Waals surface area contributed by atoms with E-state index in [0.717, 1.165) is 62.8 Å². The summed E-state index contributed by atoms with van der Waals surface area (Å²) in [6.45, 7) is 6.48. The Bertz CT molecular complexity index is 871. The van der Waals surface area contributed by atoms with Gasteiger partial charge >= 0.3 is 5.63 Å². The molecule has 2 fully saturated rings. The smallest absolute Gasteiger partial charge is 0.343 e. The Labute approximate surface area is 169 Å². The molecule has 0 spiro atoms. The number of piperazine rings is 1. The van der Waals surface area contributed by atoms with Gasteiger partial charge in [-0.2, -0.15) is 0 Å². The fourth-order valence-corrected chi connectivity index (χ4v) is 4.22. The molecule has 3 heterocycles. The average molecular weight is 404 g/mol. The zero-order chi connectivity index (χ0) is 19.5. The van der Waals surface area contributed by atoms with Crippen LogP contribution in [0.4, 0.5) is 5.69 Å². The molecule has 0 amide bonds. The normalized spacial score (nSPS) is 18.7. The number of hydrogen-bond donors (Lipinski definition) is 1. The second-order valence-electron chi connectivity index (χ2n) is 7.60. The van der Waals surface area contributed by atoms with E-state index in [1.807, 2.05) is 18.2 Å². The van der Waals surface area contributed by atoms with Gasteiger partial charge in [0.2, 0.25) is 0 Å². The number of hydrogen-bond acceptors (Lipinski definition) is 6. The Morgan fingerprint density at radius 1 is 1.00 bits per heavy atom. The van der Waals surface area contributed by atoms with Crippen molar-refractivity contribution in [2.45, 2.75) is 25.9 Å². The highest BCUT2D eigenvalue weighted by Gasteiger charge is 2.22. The van der Waals surface area contributed by atoms with E-state index in [9.17, 15) is 9.90 Å². The highest BCUT2D eigenvalue weighted by atomic mass is 35.5. The summed E-state index contributed by atoms with van der Waals surface area (Å²) < 4.78 is 5.23. The van der Waals surface area contributed by atoms with Gasteiger partial charge < -0.3 is 14.4 Å². The second kappa shape index (κ2) is 8.55. The van der Waals surface area contributed by atoms with Crippen LogP contribution in [-0.2, 0) is 13.1 Å². The van der Waals surface area contributed by atoms with Gasteiger partial charge in [-0.15, -0.1) is 0 Å². The van der Waals surface area contributed by atoms with E-state index in [-0.39, 0.29) is 5.75 Å². The standard InChI is InChI=1S/C21H26ClN3O3/c22-17-4-3-5-18(12-17)25-10-8-24(9-11-25)13-16-15-28-21(27)19(20(16)26)14-23-6-1-2-7-23/h3-5,12,15,26H,1-2,6-11,13-14H2. The minimum Gasteiger partial charge on any atom is -0.507 e. The molecule has 0 aliphatic carbocycles. The first-order chi connectivity index (χ1) is 13.6. The third kappa shape index (κ3) is 4.35. The van der Waals surface area contributed by atoms with Crippen LogP contribution in [0.25, 0.3) is 0 Å². The number of likely N-dealkylation sites (tertiary alicyclic amines) is 1. The number of benzene rings is 1. The number of nitrogens with zero attached hydrogens (tertiary/aromatic N) is 3. The van der Waals surface area contributed by atoms with Crippen molar-refractivity contribution in [3.05, 3.63) is 57.1 Å². The molecule has 28 heavy (non-hydrogen) atoms. The molecule has 150 valence electrons. The van der Waals surface area contributed by atoms with E-state index in [1.54, 1.807) is 0 Å². The number of anilines is 1. The van der Waals surface area contributed by atoms with E-state index in [1.165, 1.54) is 6.26 Å². The van der Waals surface area contributed by atoms with Crippen LogP contribution in [0.3, 0.4) is 0 Å². The lowest BCUT2D eigenvalue weighted by Crippen LogP contribution is -2.46. The fraction of sp³-hybridized carbons (Fsp3) is 0.476. The monoisotopic (exact) mass is 403 g/mol. The van der Waals surface area contributed by atoms with Crippen LogP contribution >= 0.6 is 11.6 Å². The van der Waals surface area contributed by atoms with Crippen molar-refractivity contribution in [3.8, 4) is 5.75 Å². The van der Waals surface area contributed by atoms with Crippen molar-refractivity contribution >= 4 is 17.3 Å². The lowest BCUT2D eigenvalue weighted by molar-refractivity contribution is 0.242. The molecule has 1 aromatic heterocycles. The van der Waals surface area contributed by atoms with Crippen LogP contribution in [0.1, 0.15) is 24.0 Å². The van der Waals surface area contributed by atoms with Crippen LogP contribution in [-0.4, -0.2) is 54.2 Å². The molecule has 0 bridgehead atoms. The first-order valence-corrected chi connectivity index (χ1v) is 10.3. The quantitative estimate of drug-likeness (QED) is 0.828. The summed E-state index contributed by atoms with van der Waals surface area (Å²) >= 11 is 6.10. The number of aromatic hydroxyl groups is 1. The molecular formula is C21H26ClN3O3. The third-order valence-electron chi connectivity index (χ3n) is 5.66. The molecule has 0 atom stereocenters. The highest BCUT2D eigenvalue weighted by molar-refractivity contribution is 6.30. The SMILES string of the molecule is O=c1occ(CN2CCN(c3cccc(Cl)c3)CC2)c(O)c1CN1CCCC1. The summed E-state index contributed by atoms with van der Waals surface area (Å²) in [6.07, 6.45) is 3.69. The van der Waals surface area contributed by atoms with Gasteiger partial charge in [-0.05, 0) is 44.1 Å². The van der Waals surface area contributed by atoms with Crippen molar-refractivity contribution in [1.82, 2.24) is 9.80 Å². The van der Waals surface area contributed by atoms with Crippen LogP contribution in [0.15, 0.2) is 39.7 Å². The number of rotatable bonds is 5. The maximum absolute atomic E-state index is 12.1. The van der Waals surface area contributed by atoms with Gasteiger partial charge in [-0.25, -0.2) is 4.79 Å². The predicted octanol–water partition coefficient (Wildman–Crippen LogP) is 2.92. The van der Waals surface area contributed by atoms with Crippen molar-refractivity contribution in [2.75, 3.05) is 44.2 Å². The average Bonchev–Trinajstić information content (AvgIpc) is 3.21. The summed E-state index contributed by atoms with van der Waals surface area (Å²) in [5, 5.41) is 11.4. The van der Waals surface area contributed by atoms with E-state index in [0.29, 0.717) is 24.2 Å². The first-order valence-electron chi connectivity index (χ1n) is 9.88. The Morgan fingerprint density at radius 3 is 2.43 bits per heavy atom. The molecule has 2 saturated heterocycles. The van der Waals surface area contributed by atoms with Gasteiger partial charge in [0.05, 0.1) is 5.56 Å².